The molecule has 1 aliphatic rings. The molecule has 0 unspecified atom stereocenters. The maximum atomic E-state index is 12.0. The minimum absolute atomic E-state index is 0.0703. The van der Waals surface area contributed by atoms with E-state index in [1.807, 2.05) is 38.1 Å². The van der Waals surface area contributed by atoms with E-state index in [1.54, 1.807) is 0 Å². The minimum atomic E-state index is -3.44. The van der Waals surface area contributed by atoms with Gasteiger partial charge in [0, 0.05) is 6.61 Å². The van der Waals surface area contributed by atoms with Crippen molar-refractivity contribution in [3.8, 4) is 0 Å². The lowest BCUT2D eigenvalue weighted by molar-refractivity contribution is -0.119. The van der Waals surface area contributed by atoms with Crippen LogP contribution in [0.5, 0.6) is 0 Å². The van der Waals surface area contributed by atoms with Gasteiger partial charge < -0.3 is 10.1 Å². The van der Waals surface area contributed by atoms with Crippen molar-refractivity contribution in [2.75, 3.05) is 18.1 Å². The van der Waals surface area contributed by atoms with Crippen molar-refractivity contribution in [2.24, 2.45) is 0 Å². The second kappa shape index (κ2) is 7.24. The molecule has 6 heteroatoms. The van der Waals surface area contributed by atoms with Crippen LogP contribution in [0.1, 0.15) is 36.9 Å². The highest BCUT2D eigenvalue weighted by Gasteiger charge is 2.26. The SMILES string of the molecule is Cc1ccccc1[C@@H](C)NC(=O)CS(=O)(=O)C[C@@H]1CCCO1. The Balaban J connectivity index is 1.90. The fourth-order valence-corrected chi connectivity index (χ4v) is 4.18. The summed E-state index contributed by atoms with van der Waals surface area (Å²) in [7, 11) is -3.44. The van der Waals surface area contributed by atoms with Crippen LogP contribution in [0.2, 0.25) is 0 Å². The summed E-state index contributed by atoms with van der Waals surface area (Å²) in [6, 6.07) is 7.51. The fraction of sp³-hybridized carbons (Fsp3) is 0.562. The lowest BCUT2D eigenvalue weighted by Gasteiger charge is -2.17. The molecule has 0 saturated carbocycles. The number of benzene rings is 1. The number of rotatable bonds is 6. The van der Waals surface area contributed by atoms with E-state index >= 15 is 0 Å². The third kappa shape index (κ3) is 4.81. The van der Waals surface area contributed by atoms with Gasteiger partial charge in [-0.3, -0.25) is 4.79 Å². The van der Waals surface area contributed by atoms with Gasteiger partial charge in [0.15, 0.2) is 9.84 Å². The van der Waals surface area contributed by atoms with Crippen LogP contribution in [0.25, 0.3) is 0 Å². The smallest absolute Gasteiger partial charge is 0.235 e. The number of carbonyl (C=O) groups excluding carboxylic acids is 1. The van der Waals surface area contributed by atoms with Gasteiger partial charge in [0.1, 0.15) is 5.75 Å². The van der Waals surface area contributed by atoms with Gasteiger partial charge in [-0.25, -0.2) is 8.42 Å². The van der Waals surface area contributed by atoms with Gasteiger partial charge in [0.05, 0.1) is 17.9 Å². The summed E-state index contributed by atoms with van der Waals surface area (Å²) in [5.74, 6) is -1.02. The van der Waals surface area contributed by atoms with Gasteiger partial charge >= 0.3 is 0 Å². The topological polar surface area (TPSA) is 72.5 Å². The molecule has 1 aliphatic heterocycles. The first-order valence-electron chi connectivity index (χ1n) is 7.54. The number of aryl methyl sites for hydroxylation is 1. The standard InChI is InChI=1S/C16H23NO4S/c1-12-6-3-4-8-15(12)13(2)17-16(18)11-22(19,20)10-14-7-5-9-21-14/h3-4,6,8,13-14H,5,7,9-11H2,1-2H3,(H,17,18)/t13-,14+/m1/s1. The zero-order chi connectivity index (χ0) is 16.2. The van der Waals surface area contributed by atoms with Crippen LogP contribution < -0.4 is 5.32 Å². The summed E-state index contributed by atoms with van der Waals surface area (Å²) >= 11 is 0. The largest absolute Gasteiger partial charge is 0.377 e. The predicted molar refractivity (Wildman–Crippen MR) is 85.4 cm³/mol. The van der Waals surface area contributed by atoms with Gasteiger partial charge in [-0.05, 0) is 37.8 Å². The van der Waals surface area contributed by atoms with Crippen LogP contribution in [-0.4, -0.2) is 38.5 Å². The van der Waals surface area contributed by atoms with Crippen molar-refractivity contribution in [1.82, 2.24) is 5.32 Å². The molecule has 1 fully saturated rings. The first-order valence-corrected chi connectivity index (χ1v) is 9.36. The molecule has 0 radical (unpaired) electrons. The molecule has 1 saturated heterocycles. The zero-order valence-electron chi connectivity index (χ0n) is 13.0. The van der Waals surface area contributed by atoms with E-state index in [2.05, 4.69) is 5.32 Å². The van der Waals surface area contributed by atoms with E-state index in [4.69, 9.17) is 4.74 Å². The number of hydrogen-bond donors (Lipinski definition) is 1. The van der Waals surface area contributed by atoms with E-state index in [1.165, 1.54) is 0 Å². The Morgan fingerprint density at radius 2 is 2.14 bits per heavy atom. The Labute approximate surface area is 132 Å². The Hall–Kier alpha value is -1.40. The van der Waals surface area contributed by atoms with E-state index in [0.29, 0.717) is 6.61 Å². The van der Waals surface area contributed by atoms with Crippen LogP contribution in [0, 0.1) is 6.92 Å². The van der Waals surface area contributed by atoms with E-state index in [0.717, 1.165) is 24.0 Å². The molecular formula is C16H23NO4S. The number of ether oxygens (including phenoxy) is 1. The summed E-state index contributed by atoms with van der Waals surface area (Å²) in [4.78, 5) is 12.0. The Morgan fingerprint density at radius 3 is 2.77 bits per heavy atom. The summed E-state index contributed by atoms with van der Waals surface area (Å²) in [5.41, 5.74) is 2.06. The summed E-state index contributed by atoms with van der Waals surface area (Å²) in [5, 5.41) is 2.76. The van der Waals surface area contributed by atoms with Crippen LogP contribution in [-0.2, 0) is 19.4 Å². The van der Waals surface area contributed by atoms with E-state index < -0.39 is 21.5 Å². The molecule has 0 spiro atoms. The quantitative estimate of drug-likeness (QED) is 0.865. The van der Waals surface area contributed by atoms with Gasteiger partial charge in [-0.2, -0.15) is 0 Å². The Kier molecular flexibility index (Phi) is 5.58. The number of nitrogens with one attached hydrogen (secondary N) is 1. The average Bonchev–Trinajstić information content (AvgIpc) is 2.90. The summed E-state index contributed by atoms with van der Waals surface area (Å²) in [6.07, 6.45) is 1.38. The van der Waals surface area contributed by atoms with Crippen molar-refractivity contribution in [3.63, 3.8) is 0 Å². The first kappa shape index (κ1) is 17.0. The molecule has 2 atom stereocenters. The lowest BCUT2D eigenvalue weighted by atomic mass is 10.0. The third-order valence-electron chi connectivity index (χ3n) is 3.85. The summed E-state index contributed by atoms with van der Waals surface area (Å²) in [6.45, 7) is 4.43. The fourth-order valence-electron chi connectivity index (χ4n) is 2.75. The lowest BCUT2D eigenvalue weighted by Crippen LogP contribution is -2.35. The van der Waals surface area contributed by atoms with Gasteiger partial charge in [-0.1, -0.05) is 24.3 Å². The highest BCUT2D eigenvalue weighted by molar-refractivity contribution is 7.92. The number of carbonyl (C=O) groups is 1. The predicted octanol–water partition coefficient (Wildman–Crippen LogP) is 1.77. The second-order valence-corrected chi connectivity index (χ2v) is 7.94. The molecule has 22 heavy (non-hydrogen) atoms. The zero-order valence-corrected chi connectivity index (χ0v) is 13.9. The molecule has 1 amide bonds. The maximum Gasteiger partial charge on any atom is 0.235 e. The highest BCUT2D eigenvalue weighted by Crippen LogP contribution is 2.17. The van der Waals surface area contributed by atoms with Crippen LogP contribution in [0.15, 0.2) is 24.3 Å². The third-order valence-corrected chi connectivity index (χ3v) is 5.43. The number of amides is 1. The molecule has 1 heterocycles. The molecule has 0 aliphatic carbocycles. The second-order valence-electron chi connectivity index (χ2n) is 5.84. The molecule has 0 aromatic heterocycles. The Bertz CT molecular complexity index is 621. The van der Waals surface area contributed by atoms with Crippen molar-refractivity contribution < 1.29 is 17.9 Å². The summed E-state index contributed by atoms with van der Waals surface area (Å²) < 4.78 is 29.4. The van der Waals surface area contributed by atoms with E-state index in [9.17, 15) is 13.2 Å². The maximum absolute atomic E-state index is 12.0. The molecule has 0 bridgehead atoms. The average molecular weight is 325 g/mol. The van der Waals surface area contributed by atoms with Crippen molar-refractivity contribution in [2.45, 2.75) is 38.8 Å². The number of hydrogen-bond acceptors (Lipinski definition) is 4. The molecule has 1 N–H and O–H groups in total. The van der Waals surface area contributed by atoms with Crippen molar-refractivity contribution >= 4 is 15.7 Å². The molecule has 5 nitrogen and oxygen atoms in total. The minimum Gasteiger partial charge on any atom is -0.377 e. The highest BCUT2D eigenvalue weighted by atomic mass is 32.2. The van der Waals surface area contributed by atoms with Gasteiger partial charge in [0.2, 0.25) is 5.91 Å². The molecule has 2 rings (SSSR count). The van der Waals surface area contributed by atoms with Crippen molar-refractivity contribution in [3.05, 3.63) is 35.4 Å². The van der Waals surface area contributed by atoms with Crippen LogP contribution in [0.4, 0.5) is 0 Å². The van der Waals surface area contributed by atoms with Crippen molar-refractivity contribution in [1.29, 1.82) is 0 Å². The molecule has 122 valence electrons. The molecule has 1 aromatic rings. The monoisotopic (exact) mass is 325 g/mol. The van der Waals surface area contributed by atoms with E-state index in [-0.39, 0.29) is 17.9 Å². The molecule has 1 aromatic carbocycles. The first-order chi connectivity index (χ1) is 10.4. The van der Waals surface area contributed by atoms with Crippen LogP contribution in [0.3, 0.4) is 0 Å². The van der Waals surface area contributed by atoms with Gasteiger partial charge in [0.25, 0.3) is 0 Å². The van der Waals surface area contributed by atoms with Gasteiger partial charge in [-0.15, -0.1) is 0 Å². The molecular weight excluding hydrogens is 302 g/mol. The number of sulfone groups is 1. The normalized spacial score (nSPS) is 19.8. The Morgan fingerprint density at radius 1 is 1.41 bits per heavy atom. The van der Waals surface area contributed by atoms with Crippen LogP contribution >= 0.6 is 0 Å².